The first-order valence-electron chi connectivity index (χ1n) is 9.92. The summed E-state index contributed by atoms with van der Waals surface area (Å²) in [5, 5.41) is 3.16. The SMILES string of the molecule is CCCc1ccc(CN2C[C@@H](NC(=O)C3(C(N)=O)CC3)[C@H](C3CC3)C2)o1. The molecule has 1 aliphatic heterocycles. The van der Waals surface area contributed by atoms with Gasteiger partial charge in [0.25, 0.3) is 0 Å². The lowest BCUT2D eigenvalue weighted by Crippen LogP contribution is -2.48. The zero-order valence-electron chi connectivity index (χ0n) is 15.5. The maximum absolute atomic E-state index is 12.6. The van der Waals surface area contributed by atoms with E-state index in [2.05, 4.69) is 29.3 Å². The van der Waals surface area contributed by atoms with Gasteiger partial charge in [-0.2, -0.15) is 0 Å². The highest BCUT2D eigenvalue weighted by atomic mass is 16.3. The Morgan fingerprint density at radius 1 is 1.27 bits per heavy atom. The number of rotatable bonds is 8. The van der Waals surface area contributed by atoms with E-state index in [1.807, 2.05) is 0 Å². The van der Waals surface area contributed by atoms with E-state index in [-0.39, 0.29) is 11.9 Å². The average Bonchev–Trinajstić information content (AvgIpc) is 3.51. The summed E-state index contributed by atoms with van der Waals surface area (Å²) in [7, 11) is 0. The minimum absolute atomic E-state index is 0.108. The lowest BCUT2D eigenvalue weighted by atomic mass is 9.96. The third kappa shape index (κ3) is 3.39. The fourth-order valence-electron chi connectivity index (χ4n) is 4.32. The molecule has 3 aliphatic rings. The van der Waals surface area contributed by atoms with Crippen molar-refractivity contribution in [2.45, 2.75) is 58.0 Å². The van der Waals surface area contributed by atoms with Crippen LogP contribution < -0.4 is 11.1 Å². The van der Waals surface area contributed by atoms with Crippen molar-refractivity contribution in [2.75, 3.05) is 13.1 Å². The van der Waals surface area contributed by atoms with E-state index in [1.165, 1.54) is 12.8 Å². The number of primary amides is 1. The Bertz CT molecular complexity index is 690. The van der Waals surface area contributed by atoms with E-state index in [9.17, 15) is 9.59 Å². The van der Waals surface area contributed by atoms with Crippen LogP contribution in [-0.2, 0) is 22.6 Å². The van der Waals surface area contributed by atoms with Crippen molar-refractivity contribution in [3.63, 3.8) is 0 Å². The normalized spacial score (nSPS) is 27.4. The number of furan rings is 1. The molecule has 0 aromatic carbocycles. The molecule has 26 heavy (non-hydrogen) atoms. The van der Waals surface area contributed by atoms with Gasteiger partial charge in [0.05, 0.1) is 6.54 Å². The van der Waals surface area contributed by atoms with Gasteiger partial charge in [0.15, 0.2) is 0 Å². The average molecular weight is 359 g/mol. The molecule has 0 radical (unpaired) electrons. The maximum Gasteiger partial charge on any atom is 0.235 e. The number of aryl methyl sites for hydroxylation is 1. The van der Waals surface area contributed by atoms with Crippen LogP contribution in [0, 0.1) is 17.3 Å². The van der Waals surface area contributed by atoms with Crippen LogP contribution >= 0.6 is 0 Å². The van der Waals surface area contributed by atoms with E-state index >= 15 is 0 Å². The highest BCUT2D eigenvalue weighted by Gasteiger charge is 2.56. The summed E-state index contributed by atoms with van der Waals surface area (Å²) in [6.07, 6.45) is 5.71. The lowest BCUT2D eigenvalue weighted by Gasteiger charge is -2.22. The molecule has 6 heteroatoms. The van der Waals surface area contributed by atoms with Crippen LogP contribution in [-0.4, -0.2) is 35.8 Å². The number of carbonyl (C=O) groups is 2. The van der Waals surface area contributed by atoms with Crippen LogP contribution in [0.25, 0.3) is 0 Å². The van der Waals surface area contributed by atoms with Gasteiger partial charge >= 0.3 is 0 Å². The number of nitrogens with one attached hydrogen (secondary N) is 1. The Morgan fingerprint density at radius 2 is 2.00 bits per heavy atom. The van der Waals surface area contributed by atoms with Crippen molar-refractivity contribution in [1.29, 1.82) is 0 Å². The monoisotopic (exact) mass is 359 g/mol. The van der Waals surface area contributed by atoms with Crippen LogP contribution in [0.5, 0.6) is 0 Å². The molecule has 1 aromatic rings. The molecule has 3 fully saturated rings. The predicted octanol–water partition coefficient (Wildman–Crippen LogP) is 1.82. The Labute approximate surface area is 154 Å². The number of nitrogens with two attached hydrogens (primary N) is 1. The third-order valence-electron chi connectivity index (χ3n) is 6.23. The van der Waals surface area contributed by atoms with E-state index in [0.29, 0.717) is 24.7 Å². The highest BCUT2D eigenvalue weighted by molar-refractivity contribution is 6.07. The molecule has 1 aromatic heterocycles. The summed E-state index contributed by atoms with van der Waals surface area (Å²) < 4.78 is 5.92. The van der Waals surface area contributed by atoms with Crippen molar-refractivity contribution in [1.82, 2.24) is 10.2 Å². The van der Waals surface area contributed by atoms with Gasteiger partial charge in [-0.05, 0) is 56.1 Å². The van der Waals surface area contributed by atoms with Crippen LogP contribution in [0.3, 0.4) is 0 Å². The first-order chi connectivity index (χ1) is 12.5. The summed E-state index contributed by atoms with van der Waals surface area (Å²) >= 11 is 0. The second-order valence-corrected chi connectivity index (χ2v) is 8.34. The number of hydrogen-bond donors (Lipinski definition) is 2. The van der Waals surface area contributed by atoms with Crippen molar-refractivity contribution in [2.24, 2.45) is 23.0 Å². The Kier molecular flexibility index (Phi) is 4.55. The summed E-state index contributed by atoms with van der Waals surface area (Å²) in [5.74, 6) is 2.56. The number of carbonyl (C=O) groups excluding carboxylic acids is 2. The van der Waals surface area contributed by atoms with Crippen molar-refractivity contribution in [3.8, 4) is 0 Å². The molecular weight excluding hydrogens is 330 g/mol. The summed E-state index contributed by atoms with van der Waals surface area (Å²) in [6, 6.07) is 4.24. The molecule has 142 valence electrons. The maximum atomic E-state index is 12.6. The summed E-state index contributed by atoms with van der Waals surface area (Å²) in [6.45, 7) is 4.71. The number of amides is 2. The molecule has 2 aliphatic carbocycles. The van der Waals surface area contributed by atoms with E-state index in [0.717, 1.165) is 44.0 Å². The molecule has 1 saturated heterocycles. The van der Waals surface area contributed by atoms with Gasteiger partial charge in [-0.3, -0.25) is 14.5 Å². The number of nitrogens with zero attached hydrogens (tertiary/aromatic N) is 1. The largest absolute Gasteiger partial charge is 0.465 e. The molecule has 2 heterocycles. The summed E-state index contributed by atoms with van der Waals surface area (Å²) in [4.78, 5) is 26.6. The lowest BCUT2D eigenvalue weighted by molar-refractivity contribution is -0.136. The minimum atomic E-state index is -0.933. The second kappa shape index (κ2) is 6.72. The molecule has 3 N–H and O–H groups in total. The molecule has 4 rings (SSSR count). The van der Waals surface area contributed by atoms with Crippen LogP contribution in [0.15, 0.2) is 16.5 Å². The van der Waals surface area contributed by atoms with Gasteiger partial charge in [-0.1, -0.05) is 6.92 Å². The van der Waals surface area contributed by atoms with Crippen molar-refractivity contribution >= 4 is 11.8 Å². The van der Waals surface area contributed by atoms with Gasteiger partial charge in [0.2, 0.25) is 11.8 Å². The first-order valence-corrected chi connectivity index (χ1v) is 9.92. The number of hydrogen-bond acceptors (Lipinski definition) is 4. The fraction of sp³-hybridized carbons (Fsp3) is 0.700. The summed E-state index contributed by atoms with van der Waals surface area (Å²) in [5.41, 5.74) is 4.52. The zero-order chi connectivity index (χ0) is 18.3. The smallest absolute Gasteiger partial charge is 0.235 e. The third-order valence-corrected chi connectivity index (χ3v) is 6.23. The second-order valence-electron chi connectivity index (χ2n) is 8.34. The molecule has 6 nitrogen and oxygen atoms in total. The molecule has 2 atom stereocenters. The van der Waals surface area contributed by atoms with Gasteiger partial charge in [-0.25, -0.2) is 0 Å². The molecule has 0 spiro atoms. The van der Waals surface area contributed by atoms with E-state index in [4.69, 9.17) is 10.2 Å². The molecule has 2 amide bonds. The predicted molar refractivity (Wildman–Crippen MR) is 97.0 cm³/mol. The van der Waals surface area contributed by atoms with Crippen molar-refractivity contribution < 1.29 is 14.0 Å². The minimum Gasteiger partial charge on any atom is -0.465 e. The quantitative estimate of drug-likeness (QED) is 0.693. The zero-order valence-corrected chi connectivity index (χ0v) is 15.5. The van der Waals surface area contributed by atoms with Gasteiger partial charge in [-0.15, -0.1) is 0 Å². The van der Waals surface area contributed by atoms with Gasteiger partial charge in [0.1, 0.15) is 16.9 Å². The van der Waals surface area contributed by atoms with Gasteiger partial charge in [0, 0.05) is 25.6 Å². The van der Waals surface area contributed by atoms with Crippen LogP contribution in [0.4, 0.5) is 0 Å². The standard InChI is InChI=1S/C20H29N3O3/c1-2-3-14-6-7-15(26-14)10-23-11-16(13-4-5-13)17(12-23)22-19(25)20(8-9-20)18(21)24/h6-7,13,16-17H,2-5,8-12H2,1H3,(H2,21,24)(H,22,25)/t16-,17+/m0/s1. The van der Waals surface area contributed by atoms with E-state index in [1.54, 1.807) is 0 Å². The molecule has 2 saturated carbocycles. The highest BCUT2D eigenvalue weighted by Crippen LogP contribution is 2.47. The molecular formula is C20H29N3O3. The first kappa shape index (κ1) is 17.6. The van der Waals surface area contributed by atoms with Crippen LogP contribution in [0.2, 0.25) is 0 Å². The Morgan fingerprint density at radius 3 is 2.62 bits per heavy atom. The number of likely N-dealkylation sites (tertiary alicyclic amines) is 1. The van der Waals surface area contributed by atoms with Gasteiger partial charge < -0.3 is 15.5 Å². The Balaban J connectivity index is 1.39. The van der Waals surface area contributed by atoms with Crippen molar-refractivity contribution in [3.05, 3.63) is 23.7 Å². The molecule has 0 bridgehead atoms. The molecule has 0 unspecified atom stereocenters. The fourth-order valence-corrected chi connectivity index (χ4v) is 4.32. The van der Waals surface area contributed by atoms with E-state index < -0.39 is 11.3 Å². The topological polar surface area (TPSA) is 88.6 Å². The Hall–Kier alpha value is -1.82. The van der Waals surface area contributed by atoms with Crippen LogP contribution in [0.1, 0.15) is 50.5 Å².